The maximum atomic E-state index is 9.04. The first-order chi connectivity index (χ1) is 6.09. The first-order valence-electron chi connectivity index (χ1n) is 4.27. The van der Waals surface area contributed by atoms with E-state index in [1.54, 1.807) is 6.92 Å². The molecule has 0 amide bonds. The third-order valence-corrected chi connectivity index (χ3v) is 2.18. The van der Waals surface area contributed by atoms with Gasteiger partial charge in [0, 0.05) is 17.3 Å². The van der Waals surface area contributed by atoms with Gasteiger partial charge in [0.15, 0.2) is 0 Å². The fourth-order valence-electron chi connectivity index (χ4n) is 0.968. The molecule has 0 radical (unpaired) electrons. The average Bonchev–Trinajstić information content (AvgIpc) is 2.07. The summed E-state index contributed by atoms with van der Waals surface area (Å²) in [4.78, 5) is 0. The number of aliphatic hydroxyl groups is 1. The first-order valence-corrected chi connectivity index (χ1v) is 4.65. The summed E-state index contributed by atoms with van der Waals surface area (Å²) in [5.74, 6) is 0. The molecule has 1 aromatic carbocycles. The Balaban J connectivity index is 2.63. The van der Waals surface area contributed by atoms with Gasteiger partial charge in [0.25, 0.3) is 0 Å². The van der Waals surface area contributed by atoms with Gasteiger partial charge in [0.05, 0.1) is 6.10 Å². The average molecular weight is 200 g/mol. The molecule has 13 heavy (non-hydrogen) atoms. The highest BCUT2D eigenvalue weighted by atomic mass is 35.5. The molecule has 0 aromatic heterocycles. The van der Waals surface area contributed by atoms with Crippen LogP contribution in [-0.4, -0.2) is 17.8 Å². The number of hydrogen-bond acceptors (Lipinski definition) is 2. The van der Waals surface area contributed by atoms with Crippen LogP contribution in [0.25, 0.3) is 0 Å². The van der Waals surface area contributed by atoms with Crippen molar-refractivity contribution in [3.63, 3.8) is 0 Å². The van der Waals surface area contributed by atoms with Crippen LogP contribution in [-0.2, 0) is 0 Å². The maximum Gasteiger partial charge on any atom is 0.0684 e. The Bertz CT molecular complexity index is 286. The Morgan fingerprint density at radius 2 is 2.23 bits per heavy atom. The SMILES string of the molecule is Cc1ccc(NCC(C)O)cc1Cl. The Morgan fingerprint density at radius 1 is 1.54 bits per heavy atom. The molecule has 0 fully saturated rings. The smallest absolute Gasteiger partial charge is 0.0684 e. The second-order valence-corrected chi connectivity index (χ2v) is 3.60. The summed E-state index contributed by atoms with van der Waals surface area (Å²) >= 11 is 5.93. The fraction of sp³-hybridized carbons (Fsp3) is 0.400. The first kappa shape index (κ1) is 10.4. The van der Waals surface area contributed by atoms with Gasteiger partial charge in [0.2, 0.25) is 0 Å². The molecule has 0 saturated heterocycles. The molecule has 1 aromatic rings. The van der Waals surface area contributed by atoms with Gasteiger partial charge < -0.3 is 10.4 Å². The summed E-state index contributed by atoms with van der Waals surface area (Å²) in [7, 11) is 0. The van der Waals surface area contributed by atoms with Gasteiger partial charge in [-0.25, -0.2) is 0 Å². The Labute approximate surface area is 83.5 Å². The number of rotatable bonds is 3. The molecule has 0 aliphatic heterocycles. The lowest BCUT2D eigenvalue weighted by molar-refractivity contribution is 0.208. The molecule has 0 aliphatic rings. The Kier molecular flexibility index (Phi) is 3.58. The van der Waals surface area contributed by atoms with E-state index in [9.17, 15) is 0 Å². The summed E-state index contributed by atoms with van der Waals surface area (Å²) in [5, 5.41) is 12.9. The van der Waals surface area contributed by atoms with Gasteiger partial charge in [-0.3, -0.25) is 0 Å². The topological polar surface area (TPSA) is 32.3 Å². The molecule has 3 heteroatoms. The largest absolute Gasteiger partial charge is 0.392 e. The van der Waals surface area contributed by atoms with Crippen LogP contribution in [0, 0.1) is 6.92 Å². The van der Waals surface area contributed by atoms with E-state index in [4.69, 9.17) is 16.7 Å². The van der Waals surface area contributed by atoms with Crippen LogP contribution in [0.15, 0.2) is 18.2 Å². The summed E-state index contributed by atoms with van der Waals surface area (Å²) in [6, 6.07) is 5.76. The molecule has 0 saturated carbocycles. The van der Waals surface area contributed by atoms with Crippen LogP contribution in [0.4, 0.5) is 5.69 Å². The minimum atomic E-state index is -0.347. The molecule has 1 rings (SSSR count). The third kappa shape index (κ3) is 3.25. The van der Waals surface area contributed by atoms with E-state index in [2.05, 4.69) is 5.32 Å². The van der Waals surface area contributed by atoms with E-state index in [1.807, 2.05) is 25.1 Å². The summed E-state index contributed by atoms with van der Waals surface area (Å²) in [5.41, 5.74) is 2.00. The number of aliphatic hydroxyl groups excluding tert-OH is 1. The normalized spacial score (nSPS) is 12.6. The van der Waals surface area contributed by atoms with Crippen molar-refractivity contribution in [2.45, 2.75) is 20.0 Å². The summed E-state index contributed by atoms with van der Waals surface area (Å²) in [6.45, 7) is 4.24. The second kappa shape index (κ2) is 4.49. The second-order valence-electron chi connectivity index (χ2n) is 3.19. The molecule has 0 bridgehead atoms. The van der Waals surface area contributed by atoms with Crippen molar-refractivity contribution in [1.29, 1.82) is 0 Å². The van der Waals surface area contributed by atoms with E-state index in [0.717, 1.165) is 16.3 Å². The highest BCUT2D eigenvalue weighted by molar-refractivity contribution is 6.31. The number of anilines is 1. The predicted octanol–water partition coefficient (Wildman–Crippen LogP) is 2.44. The van der Waals surface area contributed by atoms with E-state index >= 15 is 0 Å². The van der Waals surface area contributed by atoms with Crippen molar-refractivity contribution < 1.29 is 5.11 Å². The Morgan fingerprint density at radius 3 is 2.77 bits per heavy atom. The number of aryl methyl sites for hydroxylation is 1. The van der Waals surface area contributed by atoms with Crippen molar-refractivity contribution in [3.05, 3.63) is 28.8 Å². The van der Waals surface area contributed by atoms with Crippen molar-refractivity contribution in [3.8, 4) is 0 Å². The Hall–Kier alpha value is -0.730. The summed E-state index contributed by atoms with van der Waals surface area (Å²) < 4.78 is 0. The molecule has 2 N–H and O–H groups in total. The number of hydrogen-bond donors (Lipinski definition) is 2. The molecule has 2 nitrogen and oxygen atoms in total. The lowest BCUT2D eigenvalue weighted by Crippen LogP contribution is -2.15. The molecule has 1 atom stereocenters. The standard InChI is InChI=1S/C10H14ClNO/c1-7-3-4-9(5-10(7)11)12-6-8(2)13/h3-5,8,12-13H,6H2,1-2H3. The molecular formula is C10H14ClNO. The van der Waals surface area contributed by atoms with Crippen LogP contribution < -0.4 is 5.32 Å². The zero-order valence-corrected chi connectivity index (χ0v) is 8.60. The monoisotopic (exact) mass is 199 g/mol. The lowest BCUT2D eigenvalue weighted by atomic mass is 10.2. The van der Waals surface area contributed by atoms with Crippen molar-refractivity contribution in [1.82, 2.24) is 0 Å². The van der Waals surface area contributed by atoms with Crippen LogP contribution >= 0.6 is 11.6 Å². The molecule has 0 heterocycles. The van der Waals surface area contributed by atoms with Crippen LogP contribution in [0.2, 0.25) is 5.02 Å². The van der Waals surface area contributed by atoms with Crippen molar-refractivity contribution >= 4 is 17.3 Å². The third-order valence-electron chi connectivity index (χ3n) is 1.77. The molecule has 1 unspecified atom stereocenters. The van der Waals surface area contributed by atoms with Gasteiger partial charge in [-0.2, -0.15) is 0 Å². The van der Waals surface area contributed by atoms with Crippen LogP contribution in [0.1, 0.15) is 12.5 Å². The molecule has 72 valence electrons. The molecular weight excluding hydrogens is 186 g/mol. The van der Waals surface area contributed by atoms with Crippen molar-refractivity contribution in [2.24, 2.45) is 0 Å². The quantitative estimate of drug-likeness (QED) is 0.784. The van der Waals surface area contributed by atoms with Crippen LogP contribution in [0.5, 0.6) is 0 Å². The molecule has 0 aliphatic carbocycles. The highest BCUT2D eigenvalue weighted by Gasteiger charge is 1.98. The highest BCUT2D eigenvalue weighted by Crippen LogP contribution is 2.19. The van der Waals surface area contributed by atoms with E-state index in [0.29, 0.717) is 6.54 Å². The van der Waals surface area contributed by atoms with Crippen molar-refractivity contribution in [2.75, 3.05) is 11.9 Å². The number of nitrogens with one attached hydrogen (secondary N) is 1. The van der Waals surface area contributed by atoms with E-state index in [-0.39, 0.29) is 6.10 Å². The molecule has 0 spiro atoms. The lowest BCUT2D eigenvalue weighted by Gasteiger charge is -2.09. The van der Waals surface area contributed by atoms with Gasteiger partial charge in [0.1, 0.15) is 0 Å². The van der Waals surface area contributed by atoms with Gasteiger partial charge in [-0.15, -0.1) is 0 Å². The zero-order chi connectivity index (χ0) is 9.84. The predicted molar refractivity (Wildman–Crippen MR) is 56.4 cm³/mol. The van der Waals surface area contributed by atoms with Gasteiger partial charge in [-0.05, 0) is 31.5 Å². The van der Waals surface area contributed by atoms with E-state index < -0.39 is 0 Å². The van der Waals surface area contributed by atoms with Gasteiger partial charge >= 0.3 is 0 Å². The summed E-state index contributed by atoms with van der Waals surface area (Å²) in [6.07, 6.45) is -0.347. The number of halogens is 1. The van der Waals surface area contributed by atoms with Crippen LogP contribution in [0.3, 0.4) is 0 Å². The zero-order valence-electron chi connectivity index (χ0n) is 7.84. The van der Waals surface area contributed by atoms with E-state index in [1.165, 1.54) is 0 Å². The number of benzene rings is 1. The fourth-order valence-corrected chi connectivity index (χ4v) is 1.15. The maximum absolute atomic E-state index is 9.04. The minimum Gasteiger partial charge on any atom is -0.392 e. The van der Waals surface area contributed by atoms with Gasteiger partial charge in [-0.1, -0.05) is 17.7 Å². The minimum absolute atomic E-state index is 0.347.